The minimum atomic E-state index is -0.897. The Morgan fingerprint density at radius 2 is 1.78 bits per heavy atom. The maximum atomic E-state index is 10.5. The van der Waals surface area contributed by atoms with Crippen molar-refractivity contribution >= 4 is 5.97 Å². The predicted octanol–water partition coefficient (Wildman–Crippen LogP) is 0.597. The lowest BCUT2D eigenvalue weighted by molar-refractivity contribution is -0.870. The average molecular weight is 260 g/mol. The van der Waals surface area contributed by atoms with E-state index in [2.05, 4.69) is 33.1 Å². The summed E-state index contributed by atoms with van der Waals surface area (Å²) >= 11 is 0. The van der Waals surface area contributed by atoms with Gasteiger partial charge >= 0.3 is 5.97 Å². The summed E-state index contributed by atoms with van der Waals surface area (Å²) in [7, 11) is 8.72. The normalized spacial score (nSPS) is 13.9. The first-order valence-corrected chi connectivity index (χ1v) is 6.70. The molecule has 0 aliphatic heterocycles. The second kappa shape index (κ2) is 8.45. The molecule has 0 radical (unpaired) electrons. The minimum absolute atomic E-state index is 0.571. The molecule has 0 bridgehead atoms. The third-order valence-corrected chi connectivity index (χ3v) is 2.99. The van der Waals surface area contributed by atoms with Crippen molar-refractivity contribution in [2.45, 2.75) is 31.7 Å². The summed E-state index contributed by atoms with van der Waals surface area (Å²) < 4.78 is 1.00. The van der Waals surface area contributed by atoms with Crippen LogP contribution in [-0.2, 0) is 4.79 Å². The molecule has 0 saturated carbocycles. The Morgan fingerprint density at radius 1 is 1.22 bits per heavy atom. The molecule has 18 heavy (non-hydrogen) atoms. The Hall–Kier alpha value is -0.650. The van der Waals surface area contributed by atoms with Gasteiger partial charge in [-0.25, -0.2) is 0 Å². The summed E-state index contributed by atoms with van der Waals surface area (Å²) in [5.74, 6) is -0.897. The lowest BCUT2D eigenvalue weighted by Gasteiger charge is -2.25. The van der Waals surface area contributed by atoms with Gasteiger partial charge in [0.1, 0.15) is 6.04 Å². The molecule has 0 aliphatic rings. The number of carboxylic acids is 1. The smallest absolute Gasteiger partial charge is 0.320 e. The fraction of sp³-hybridized carbons (Fsp3) is 0.923. The number of quaternary nitrogens is 1. The van der Waals surface area contributed by atoms with Gasteiger partial charge in [0.05, 0.1) is 27.7 Å². The van der Waals surface area contributed by atoms with Crippen molar-refractivity contribution in [3.8, 4) is 0 Å². The number of rotatable bonds is 10. The van der Waals surface area contributed by atoms with E-state index in [0.717, 1.165) is 30.4 Å². The van der Waals surface area contributed by atoms with Gasteiger partial charge in [-0.1, -0.05) is 6.42 Å². The number of hydrogen-bond donors (Lipinski definition) is 2. The van der Waals surface area contributed by atoms with Crippen LogP contribution in [0.1, 0.15) is 25.7 Å². The topological polar surface area (TPSA) is 66.6 Å². The van der Waals surface area contributed by atoms with Crippen LogP contribution < -0.4 is 5.73 Å². The Labute approximate surface area is 111 Å². The van der Waals surface area contributed by atoms with Gasteiger partial charge in [-0.2, -0.15) is 0 Å². The third kappa shape index (κ3) is 10.5. The molecule has 0 aromatic heterocycles. The van der Waals surface area contributed by atoms with Gasteiger partial charge < -0.3 is 20.2 Å². The highest BCUT2D eigenvalue weighted by molar-refractivity contribution is 5.72. The summed E-state index contributed by atoms with van der Waals surface area (Å²) in [5.41, 5.74) is 5.45. The molecule has 5 heteroatoms. The van der Waals surface area contributed by atoms with E-state index in [1.165, 1.54) is 13.0 Å². The summed E-state index contributed by atoms with van der Waals surface area (Å²) in [6, 6.07) is -0.700. The van der Waals surface area contributed by atoms with Crippen LogP contribution in [0.15, 0.2) is 0 Å². The van der Waals surface area contributed by atoms with Crippen LogP contribution in [0.3, 0.4) is 0 Å². The first kappa shape index (κ1) is 17.4. The van der Waals surface area contributed by atoms with E-state index in [-0.39, 0.29) is 0 Å². The number of carboxylic acid groups (broad SMARTS) is 1. The van der Waals surface area contributed by atoms with Gasteiger partial charge in [0.2, 0.25) is 0 Å². The molecule has 0 amide bonds. The zero-order chi connectivity index (χ0) is 14.2. The Balaban J connectivity index is 3.48. The van der Waals surface area contributed by atoms with E-state index in [4.69, 9.17) is 10.8 Å². The molecule has 0 aromatic rings. The SMILES string of the molecule is CN(CCCC[C@H](N)C(=O)O)CCC[N+](C)(C)C. The molecule has 5 nitrogen and oxygen atoms in total. The van der Waals surface area contributed by atoms with E-state index < -0.39 is 12.0 Å². The van der Waals surface area contributed by atoms with Crippen LogP contribution in [0.4, 0.5) is 0 Å². The molecule has 0 unspecified atom stereocenters. The van der Waals surface area contributed by atoms with E-state index in [0.29, 0.717) is 6.42 Å². The zero-order valence-electron chi connectivity index (χ0n) is 12.4. The quantitative estimate of drug-likeness (QED) is 0.446. The molecule has 3 N–H and O–H groups in total. The number of aliphatic carboxylic acids is 1. The molecule has 0 saturated heterocycles. The van der Waals surface area contributed by atoms with Crippen LogP contribution in [-0.4, -0.2) is 74.3 Å². The maximum Gasteiger partial charge on any atom is 0.320 e. The lowest BCUT2D eigenvalue weighted by Crippen LogP contribution is -2.37. The largest absolute Gasteiger partial charge is 0.480 e. The van der Waals surface area contributed by atoms with Crippen LogP contribution >= 0.6 is 0 Å². The number of nitrogens with zero attached hydrogens (tertiary/aromatic N) is 2. The van der Waals surface area contributed by atoms with Gasteiger partial charge in [-0.15, -0.1) is 0 Å². The van der Waals surface area contributed by atoms with Crippen molar-refractivity contribution in [2.75, 3.05) is 47.8 Å². The second-order valence-corrected chi connectivity index (χ2v) is 6.11. The Bertz CT molecular complexity index is 239. The molecule has 0 aliphatic carbocycles. The number of hydrogen-bond acceptors (Lipinski definition) is 3. The molecular formula is C13H30N3O2+. The third-order valence-electron chi connectivity index (χ3n) is 2.99. The number of nitrogens with two attached hydrogens (primary N) is 1. The molecule has 0 spiro atoms. The maximum absolute atomic E-state index is 10.5. The highest BCUT2D eigenvalue weighted by atomic mass is 16.4. The van der Waals surface area contributed by atoms with Crippen LogP contribution in [0.2, 0.25) is 0 Å². The molecule has 108 valence electrons. The standard InChI is InChI=1S/C13H29N3O2/c1-15(10-7-11-16(2,3)4)9-6-5-8-12(14)13(17)18/h12H,5-11,14H2,1-4H3/p+1/t12-/m0/s1. The summed E-state index contributed by atoms with van der Waals surface area (Å²) in [5, 5.41) is 8.65. The number of unbranched alkanes of at least 4 members (excludes halogenated alkanes) is 1. The molecule has 0 heterocycles. The fourth-order valence-electron chi connectivity index (χ4n) is 1.80. The molecular weight excluding hydrogens is 230 g/mol. The minimum Gasteiger partial charge on any atom is -0.480 e. The van der Waals surface area contributed by atoms with Crippen molar-refractivity contribution in [3.05, 3.63) is 0 Å². The lowest BCUT2D eigenvalue weighted by atomic mass is 10.1. The zero-order valence-corrected chi connectivity index (χ0v) is 12.4. The Kier molecular flexibility index (Phi) is 8.15. The van der Waals surface area contributed by atoms with Crippen LogP contribution in [0, 0.1) is 0 Å². The van der Waals surface area contributed by atoms with Gasteiger partial charge in [0, 0.05) is 13.0 Å². The highest BCUT2D eigenvalue weighted by Gasteiger charge is 2.11. The van der Waals surface area contributed by atoms with Gasteiger partial charge in [-0.05, 0) is 26.4 Å². The van der Waals surface area contributed by atoms with E-state index in [9.17, 15) is 4.79 Å². The average Bonchev–Trinajstić information content (AvgIpc) is 2.22. The Morgan fingerprint density at radius 3 is 2.28 bits per heavy atom. The summed E-state index contributed by atoms with van der Waals surface area (Å²) in [6.07, 6.45) is 3.66. The van der Waals surface area contributed by atoms with E-state index in [1.54, 1.807) is 0 Å². The van der Waals surface area contributed by atoms with Crippen molar-refractivity contribution in [3.63, 3.8) is 0 Å². The predicted molar refractivity (Wildman–Crippen MR) is 74.5 cm³/mol. The molecule has 0 fully saturated rings. The summed E-state index contributed by atoms with van der Waals surface area (Å²) in [6.45, 7) is 3.29. The van der Waals surface area contributed by atoms with Gasteiger partial charge in [-0.3, -0.25) is 4.79 Å². The summed E-state index contributed by atoms with van der Waals surface area (Å²) in [4.78, 5) is 12.8. The van der Waals surface area contributed by atoms with Crippen molar-refractivity contribution in [1.82, 2.24) is 4.90 Å². The first-order valence-electron chi connectivity index (χ1n) is 6.70. The highest BCUT2D eigenvalue weighted by Crippen LogP contribution is 2.02. The second-order valence-electron chi connectivity index (χ2n) is 6.11. The fourth-order valence-corrected chi connectivity index (χ4v) is 1.80. The molecule has 0 rings (SSSR count). The number of carbonyl (C=O) groups is 1. The van der Waals surface area contributed by atoms with Gasteiger partial charge in [0.15, 0.2) is 0 Å². The monoisotopic (exact) mass is 260 g/mol. The van der Waals surface area contributed by atoms with Gasteiger partial charge in [0.25, 0.3) is 0 Å². The molecule has 0 aromatic carbocycles. The van der Waals surface area contributed by atoms with E-state index >= 15 is 0 Å². The molecule has 1 atom stereocenters. The first-order chi connectivity index (χ1) is 8.22. The van der Waals surface area contributed by atoms with Crippen molar-refractivity contribution < 1.29 is 14.4 Å². The van der Waals surface area contributed by atoms with Crippen LogP contribution in [0.25, 0.3) is 0 Å². The van der Waals surface area contributed by atoms with Crippen molar-refractivity contribution in [1.29, 1.82) is 0 Å². The van der Waals surface area contributed by atoms with Crippen molar-refractivity contribution in [2.24, 2.45) is 5.73 Å². The van der Waals surface area contributed by atoms with Crippen LogP contribution in [0.5, 0.6) is 0 Å². The van der Waals surface area contributed by atoms with E-state index in [1.807, 2.05) is 0 Å².